The maximum Gasteiger partial charge on any atom is 0.264 e. The minimum atomic E-state index is -0.394. The van der Waals surface area contributed by atoms with Gasteiger partial charge in [-0.25, -0.2) is 0 Å². The maximum absolute atomic E-state index is 12.7. The number of rotatable bonds is 3. The van der Waals surface area contributed by atoms with Crippen LogP contribution in [0.15, 0.2) is 35.7 Å². The van der Waals surface area contributed by atoms with Crippen LogP contribution < -0.4 is 5.32 Å². The molecule has 24 heavy (non-hydrogen) atoms. The van der Waals surface area contributed by atoms with E-state index in [-0.39, 0.29) is 11.8 Å². The minimum Gasteiger partial charge on any atom is -0.326 e. The van der Waals surface area contributed by atoms with Crippen molar-refractivity contribution in [2.24, 2.45) is 0 Å². The first-order valence-electron chi connectivity index (χ1n) is 8.29. The van der Waals surface area contributed by atoms with Crippen molar-refractivity contribution in [1.82, 2.24) is 4.90 Å². The normalized spacial score (nSPS) is 17.6. The lowest BCUT2D eigenvalue weighted by molar-refractivity contribution is -0.121. The van der Waals surface area contributed by atoms with Crippen molar-refractivity contribution in [2.75, 3.05) is 11.9 Å². The first-order valence-corrected chi connectivity index (χ1v) is 9.17. The fourth-order valence-electron chi connectivity index (χ4n) is 3.03. The molecule has 0 bridgehead atoms. The molecule has 1 aliphatic rings. The molecule has 0 saturated carbocycles. The maximum atomic E-state index is 12.7. The van der Waals surface area contributed by atoms with Gasteiger partial charge in [0, 0.05) is 12.2 Å². The summed E-state index contributed by atoms with van der Waals surface area (Å²) in [6, 6.07) is 9.18. The van der Waals surface area contributed by atoms with Crippen LogP contribution in [0.3, 0.4) is 0 Å². The summed E-state index contributed by atoms with van der Waals surface area (Å²) in [6.07, 6.45) is 2.64. The van der Waals surface area contributed by atoms with E-state index in [0.717, 1.165) is 24.1 Å². The van der Waals surface area contributed by atoms with Gasteiger partial charge < -0.3 is 10.2 Å². The van der Waals surface area contributed by atoms with Crippen molar-refractivity contribution in [3.63, 3.8) is 0 Å². The van der Waals surface area contributed by atoms with Crippen LogP contribution in [-0.4, -0.2) is 29.3 Å². The Hall–Kier alpha value is -2.14. The second-order valence-corrected chi connectivity index (χ2v) is 7.22. The SMILES string of the molecule is Cc1ccc(NC(=O)[C@@H]2CCCCN2C(=O)c2cccs2)cc1C. The highest BCUT2D eigenvalue weighted by Gasteiger charge is 2.33. The lowest BCUT2D eigenvalue weighted by Crippen LogP contribution is -2.49. The summed E-state index contributed by atoms with van der Waals surface area (Å²) in [6.45, 7) is 4.71. The Morgan fingerprint density at radius 2 is 2.00 bits per heavy atom. The Morgan fingerprint density at radius 3 is 2.71 bits per heavy atom. The number of anilines is 1. The van der Waals surface area contributed by atoms with Gasteiger partial charge in [0.05, 0.1) is 4.88 Å². The van der Waals surface area contributed by atoms with Gasteiger partial charge in [0.15, 0.2) is 0 Å². The van der Waals surface area contributed by atoms with Crippen molar-refractivity contribution in [2.45, 2.75) is 39.2 Å². The summed E-state index contributed by atoms with van der Waals surface area (Å²) in [7, 11) is 0. The van der Waals surface area contributed by atoms with Crippen molar-refractivity contribution in [1.29, 1.82) is 0 Å². The number of carbonyl (C=O) groups excluding carboxylic acids is 2. The third-order valence-electron chi connectivity index (χ3n) is 4.57. The van der Waals surface area contributed by atoms with Crippen molar-refractivity contribution < 1.29 is 9.59 Å². The van der Waals surface area contributed by atoms with Crippen LogP contribution in [0, 0.1) is 13.8 Å². The molecule has 0 radical (unpaired) electrons. The van der Waals surface area contributed by atoms with Crippen LogP contribution in [0.25, 0.3) is 0 Å². The third kappa shape index (κ3) is 3.51. The lowest BCUT2D eigenvalue weighted by Gasteiger charge is -2.34. The number of aryl methyl sites for hydroxylation is 2. The fourth-order valence-corrected chi connectivity index (χ4v) is 3.71. The van der Waals surface area contributed by atoms with Gasteiger partial charge in [0.2, 0.25) is 5.91 Å². The fraction of sp³-hybridized carbons (Fsp3) is 0.368. The molecule has 1 aromatic heterocycles. The molecule has 126 valence electrons. The van der Waals surface area contributed by atoms with E-state index in [0.29, 0.717) is 17.8 Å². The molecule has 2 aromatic rings. The lowest BCUT2D eigenvalue weighted by atomic mass is 10.0. The summed E-state index contributed by atoms with van der Waals surface area (Å²) >= 11 is 1.42. The summed E-state index contributed by atoms with van der Waals surface area (Å²) in [5.41, 5.74) is 3.13. The van der Waals surface area contributed by atoms with E-state index in [9.17, 15) is 9.59 Å². The number of thiophene rings is 1. The Bertz CT molecular complexity index is 740. The highest BCUT2D eigenvalue weighted by Crippen LogP contribution is 2.23. The van der Waals surface area contributed by atoms with E-state index in [4.69, 9.17) is 0 Å². The monoisotopic (exact) mass is 342 g/mol. The molecule has 1 atom stereocenters. The van der Waals surface area contributed by atoms with Crippen LogP contribution in [0.2, 0.25) is 0 Å². The molecule has 3 rings (SSSR count). The standard InChI is InChI=1S/C19H22N2O2S/c1-13-8-9-15(12-14(13)2)20-18(22)16-6-3-4-10-21(16)19(23)17-7-5-11-24-17/h5,7-9,11-12,16H,3-4,6,10H2,1-2H3,(H,20,22)/t16-/m0/s1. The topological polar surface area (TPSA) is 49.4 Å². The van der Waals surface area contributed by atoms with Crippen molar-refractivity contribution in [3.8, 4) is 0 Å². The van der Waals surface area contributed by atoms with E-state index in [1.807, 2.05) is 49.6 Å². The van der Waals surface area contributed by atoms with Gasteiger partial charge in [-0.05, 0) is 67.8 Å². The second kappa shape index (κ2) is 7.18. The zero-order valence-electron chi connectivity index (χ0n) is 14.0. The first kappa shape index (κ1) is 16.7. The molecule has 0 unspecified atom stereocenters. The molecule has 1 aliphatic heterocycles. The predicted octanol–water partition coefficient (Wildman–Crippen LogP) is 4.00. The molecule has 0 aliphatic carbocycles. The van der Waals surface area contributed by atoms with E-state index in [2.05, 4.69) is 5.32 Å². The van der Waals surface area contributed by atoms with Gasteiger partial charge in [-0.1, -0.05) is 12.1 Å². The summed E-state index contributed by atoms with van der Waals surface area (Å²) in [5.74, 6) is -0.132. The molecule has 5 heteroatoms. The number of piperidine rings is 1. The van der Waals surface area contributed by atoms with Crippen LogP contribution in [0.5, 0.6) is 0 Å². The summed E-state index contributed by atoms with van der Waals surface area (Å²) in [5, 5.41) is 4.87. The molecule has 0 spiro atoms. The van der Waals surface area contributed by atoms with Gasteiger partial charge in [-0.2, -0.15) is 0 Å². The molecular weight excluding hydrogens is 320 g/mol. The zero-order valence-corrected chi connectivity index (χ0v) is 14.9. The van der Waals surface area contributed by atoms with Gasteiger partial charge in [-0.15, -0.1) is 11.3 Å². The van der Waals surface area contributed by atoms with Crippen LogP contribution >= 0.6 is 11.3 Å². The Morgan fingerprint density at radius 1 is 1.17 bits per heavy atom. The largest absolute Gasteiger partial charge is 0.326 e. The molecule has 4 nitrogen and oxygen atoms in total. The van der Waals surface area contributed by atoms with Crippen LogP contribution in [-0.2, 0) is 4.79 Å². The number of hydrogen-bond acceptors (Lipinski definition) is 3. The number of likely N-dealkylation sites (tertiary alicyclic amines) is 1. The van der Waals surface area contributed by atoms with Gasteiger partial charge in [0.25, 0.3) is 5.91 Å². The number of benzene rings is 1. The van der Waals surface area contributed by atoms with Gasteiger partial charge in [-0.3, -0.25) is 9.59 Å². The first-order chi connectivity index (χ1) is 11.6. The molecule has 1 saturated heterocycles. The quantitative estimate of drug-likeness (QED) is 0.916. The smallest absolute Gasteiger partial charge is 0.264 e. The number of carbonyl (C=O) groups is 2. The van der Waals surface area contributed by atoms with E-state index in [1.165, 1.54) is 16.9 Å². The molecule has 2 amide bonds. The van der Waals surface area contributed by atoms with Gasteiger partial charge >= 0.3 is 0 Å². The molecule has 1 fully saturated rings. The van der Waals surface area contributed by atoms with E-state index < -0.39 is 6.04 Å². The second-order valence-electron chi connectivity index (χ2n) is 6.28. The minimum absolute atomic E-state index is 0.0371. The number of nitrogens with zero attached hydrogens (tertiary/aromatic N) is 1. The summed E-state index contributed by atoms with van der Waals surface area (Å²) < 4.78 is 0. The Labute approximate surface area is 146 Å². The number of nitrogens with one attached hydrogen (secondary N) is 1. The Balaban J connectivity index is 1.75. The van der Waals surface area contributed by atoms with Crippen molar-refractivity contribution >= 4 is 28.8 Å². The molecule has 2 heterocycles. The summed E-state index contributed by atoms with van der Waals surface area (Å²) in [4.78, 5) is 27.9. The van der Waals surface area contributed by atoms with E-state index in [1.54, 1.807) is 4.90 Å². The molecular formula is C19H22N2O2S. The predicted molar refractivity (Wildman–Crippen MR) is 97.5 cm³/mol. The third-order valence-corrected chi connectivity index (χ3v) is 5.43. The molecule has 1 N–H and O–H groups in total. The average molecular weight is 342 g/mol. The van der Waals surface area contributed by atoms with Gasteiger partial charge in [0.1, 0.15) is 6.04 Å². The highest BCUT2D eigenvalue weighted by atomic mass is 32.1. The van der Waals surface area contributed by atoms with E-state index >= 15 is 0 Å². The highest BCUT2D eigenvalue weighted by molar-refractivity contribution is 7.12. The number of amides is 2. The number of hydrogen-bond donors (Lipinski definition) is 1. The van der Waals surface area contributed by atoms with Crippen LogP contribution in [0.1, 0.15) is 40.1 Å². The van der Waals surface area contributed by atoms with Crippen LogP contribution in [0.4, 0.5) is 5.69 Å². The van der Waals surface area contributed by atoms with Crippen molar-refractivity contribution in [3.05, 3.63) is 51.7 Å². The zero-order chi connectivity index (χ0) is 17.1. The Kier molecular flexibility index (Phi) is 5.00. The molecule has 1 aromatic carbocycles. The average Bonchev–Trinajstić information content (AvgIpc) is 3.12.